The molecule has 2 rings (SSSR count). The Morgan fingerprint density at radius 2 is 2.12 bits per heavy atom. The van der Waals surface area contributed by atoms with Gasteiger partial charge >= 0.3 is 0 Å². The number of hydrogen-bond acceptors (Lipinski definition) is 3. The average Bonchev–Trinajstić information content (AvgIpc) is 2.30. The molecular weight excluding hydrogens is 224 g/mol. The molecule has 0 amide bonds. The lowest BCUT2D eigenvalue weighted by atomic mass is 10.3. The Bertz CT molecular complexity index is 387. The van der Waals surface area contributed by atoms with E-state index < -0.39 is 0 Å². The number of anilines is 1. The normalized spacial score (nSPS) is 17.0. The number of morpholine rings is 1. The first-order valence-corrected chi connectivity index (χ1v) is 5.80. The number of pyridine rings is 1. The summed E-state index contributed by atoms with van der Waals surface area (Å²) in [6.07, 6.45) is 3.91. The van der Waals surface area contributed by atoms with Gasteiger partial charge in [-0.2, -0.15) is 0 Å². The van der Waals surface area contributed by atoms with E-state index in [0.717, 1.165) is 42.8 Å². The second-order valence-corrected chi connectivity index (χ2v) is 4.10. The summed E-state index contributed by atoms with van der Waals surface area (Å²) in [6.45, 7) is 5.24. The molecule has 0 unspecified atom stereocenters. The Morgan fingerprint density at radius 3 is 2.81 bits per heavy atom. The molecule has 1 aromatic rings. The van der Waals surface area contributed by atoms with Crippen LogP contribution in [-0.2, 0) is 4.74 Å². The third-order valence-electron chi connectivity index (χ3n) is 2.47. The van der Waals surface area contributed by atoms with Crippen molar-refractivity contribution in [3.63, 3.8) is 0 Å². The molecule has 3 nitrogen and oxygen atoms in total. The lowest BCUT2D eigenvalue weighted by molar-refractivity contribution is 0.122. The third kappa shape index (κ3) is 2.74. The van der Waals surface area contributed by atoms with Crippen LogP contribution in [0.5, 0.6) is 0 Å². The van der Waals surface area contributed by atoms with Crippen LogP contribution < -0.4 is 4.90 Å². The Morgan fingerprint density at radius 1 is 1.38 bits per heavy atom. The highest BCUT2D eigenvalue weighted by atomic mass is 35.5. The van der Waals surface area contributed by atoms with Gasteiger partial charge in [0.2, 0.25) is 0 Å². The van der Waals surface area contributed by atoms with E-state index in [-0.39, 0.29) is 0 Å². The summed E-state index contributed by atoms with van der Waals surface area (Å²) >= 11 is 6.07. The van der Waals surface area contributed by atoms with Crippen LogP contribution in [0.25, 0.3) is 6.08 Å². The molecule has 86 valence electrons. The summed E-state index contributed by atoms with van der Waals surface area (Å²) in [5.41, 5.74) is 0.900. The first-order chi connectivity index (χ1) is 7.79. The number of allylic oxidation sites excluding steroid dienone is 1. The van der Waals surface area contributed by atoms with E-state index in [1.54, 1.807) is 0 Å². The van der Waals surface area contributed by atoms with Crippen molar-refractivity contribution in [3.05, 3.63) is 28.9 Å². The molecule has 0 saturated carbocycles. The molecule has 0 radical (unpaired) electrons. The molecule has 1 fully saturated rings. The van der Waals surface area contributed by atoms with Crippen molar-refractivity contribution in [3.8, 4) is 0 Å². The predicted molar refractivity (Wildman–Crippen MR) is 67.0 cm³/mol. The van der Waals surface area contributed by atoms with Gasteiger partial charge < -0.3 is 9.64 Å². The van der Waals surface area contributed by atoms with E-state index in [4.69, 9.17) is 16.3 Å². The van der Waals surface area contributed by atoms with Gasteiger partial charge in [-0.05, 0) is 25.1 Å². The quantitative estimate of drug-likeness (QED) is 0.792. The van der Waals surface area contributed by atoms with Crippen LogP contribution in [0.1, 0.15) is 12.6 Å². The zero-order valence-corrected chi connectivity index (χ0v) is 10.1. The van der Waals surface area contributed by atoms with Gasteiger partial charge in [-0.1, -0.05) is 17.7 Å². The van der Waals surface area contributed by atoms with E-state index in [1.165, 1.54) is 0 Å². The number of halogens is 1. The van der Waals surface area contributed by atoms with Gasteiger partial charge in [0.25, 0.3) is 0 Å². The largest absolute Gasteiger partial charge is 0.378 e. The Hall–Kier alpha value is -1.06. The van der Waals surface area contributed by atoms with Crippen LogP contribution in [0.4, 0.5) is 5.82 Å². The Balaban J connectivity index is 2.25. The third-order valence-corrected chi connectivity index (χ3v) is 2.69. The fourth-order valence-electron chi connectivity index (χ4n) is 1.71. The van der Waals surface area contributed by atoms with Gasteiger partial charge in [0.1, 0.15) is 5.82 Å². The topological polar surface area (TPSA) is 25.4 Å². The summed E-state index contributed by atoms with van der Waals surface area (Å²) in [7, 11) is 0. The monoisotopic (exact) mass is 238 g/mol. The van der Waals surface area contributed by atoms with Crippen LogP contribution >= 0.6 is 11.6 Å². The molecule has 1 aliphatic heterocycles. The van der Waals surface area contributed by atoms with E-state index >= 15 is 0 Å². The van der Waals surface area contributed by atoms with Crippen molar-refractivity contribution in [1.82, 2.24) is 4.98 Å². The highest BCUT2D eigenvalue weighted by Gasteiger charge is 2.13. The number of ether oxygens (including phenoxy) is 1. The molecule has 1 aromatic heterocycles. The second-order valence-electron chi connectivity index (χ2n) is 3.67. The average molecular weight is 239 g/mol. The van der Waals surface area contributed by atoms with Gasteiger partial charge in [-0.25, -0.2) is 4.98 Å². The molecule has 16 heavy (non-hydrogen) atoms. The minimum Gasteiger partial charge on any atom is -0.378 e. The minimum atomic E-state index is 0.726. The van der Waals surface area contributed by atoms with Gasteiger partial charge in [-0.3, -0.25) is 0 Å². The molecule has 1 saturated heterocycles. The van der Waals surface area contributed by atoms with Crippen LogP contribution in [0.3, 0.4) is 0 Å². The predicted octanol–water partition coefficient (Wildman–Crippen LogP) is 2.60. The molecule has 0 atom stereocenters. The van der Waals surface area contributed by atoms with E-state index in [9.17, 15) is 0 Å². The van der Waals surface area contributed by atoms with Crippen molar-refractivity contribution < 1.29 is 4.74 Å². The fourth-order valence-corrected chi connectivity index (χ4v) is 1.92. The number of aromatic nitrogens is 1. The number of nitrogens with zero attached hydrogens (tertiary/aromatic N) is 2. The molecule has 0 bridgehead atoms. The number of rotatable bonds is 2. The lowest BCUT2D eigenvalue weighted by Crippen LogP contribution is -2.36. The maximum atomic E-state index is 6.07. The molecule has 0 spiro atoms. The van der Waals surface area contributed by atoms with Crippen LogP contribution in [0, 0.1) is 0 Å². The zero-order chi connectivity index (χ0) is 11.4. The molecule has 1 aliphatic rings. The molecule has 0 aromatic carbocycles. The standard InChI is InChI=1S/C12H15ClN2O/c1-2-3-11-8-10(13)9-12(14-11)15-4-6-16-7-5-15/h2-3,8-9H,4-7H2,1H3/b3-2+. The first kappa shape index (κ1) is 11.4. The summed E-state index contributed by atoms with van der Waals surface area (Å²) in [5, 5.41) is 0.726. The van der Waals surface area contributed by atoms with Gasteiger partial charge in [-0.15, -0.1) is 0 Å². The second kappa shape index (κ2) is 5.32. The van der Waals surface area contributed by atoms with E-state index in [2.05, 4.69) is 9.88 Å². The highest BCUT2D eigenvalue weighted by molar-refractivity contribution is 6.30. The summed E-state index contributed by atoms with van der Waals surface area (Å²) < 4.78 is 5.31. The fraction of sp³-hybridized carbons (Fsp3) is 0.417. The maximum Gasteiger partial charge on any atom is 0.130 e. The first-order valence-electron chi connectivity index (χ1n) is 5.42. The van der Waals surface area contributed by atoms with Crippen molar-refractivity contribution in [2.75, 3.05) is 31.2 Å². The molecular formula is C12H15ClN2O. The van der Waals surface area contributed by atoms with Crippen molar-refractivity contribution in [2.24, 2.45) is 0 Å². The van der Waals surface area contributed by atoms with Gasteiger partial charge in [0.05, 0.1) is 18.9 Å². The SMILES string of the molecule is C/C=C/c1cc(Cl)cc(N2CCOCC2)n1. The highest BCUT2D eigenvalue weighted by Crippen LogP contribution is 2.20. The summed E-state index contributed by atoms with van der Waals surface area (Å²) in [6, 6.07) is 3.77. The molecule has 2 heterocycles. The van der Waals surface area contributed by atoms with Crippen molar-refractivity contribution in [1.29, 1.82) is 0 Å². The Kier molecular flexibility index (Phi) is 3.80. The lowest BCUT2D eigenvalue weighted by Gasteiger charge is -2.28. The van der Waals surface area contributed by atoms with Gasteiger partial charge in [0, 0.05) is 18.1 Å². The van der Waals surface area contributed by atoms with E-state index in [1.807, 2.05) is 31.2 Å². The Labute approximate surface area is 101 Å². The van der Waals surface area contributed by atoms with Gasteiger partial charge in [0.15, 0.2) is 0 Å². The number of hydrogen-bond donors (Lipinski definition) is 0. The zero-order valence-electron chi connectivity index (χ0n) is 9.32. The molecule has 0 N–H and O–H groups in total. The van der Waals surface area contributed by atoms with Crippen molar-refractivity contribution in [2.45, 2.75) is 6.92 Å². The maximum absolute atomic E-state index is 6.07. The van der Waals surface area contributed by atoms with Crippen LogP contribution in [0.2, 0.25) is 5.02 Å². The van der Waals surface area contributed by atoms with E-state index in [0.29, 0.717) is 0 Å². The summed E-state index contributed by atoms with van der Waals surface area (Å²) in [5.74, 6) is 0.934. The summed E-state index contributed by atoms with van der Waals surface area (Å²) in [4.78, 5) is 6.74. The van der Waals surface area contributed by atoms with Crippen LogP contribution in [-0.4, -0.2) is 31.3 Å². The van der Waals surface area contributed by atoms with Crippen molar-refractivity contribution >= 4 is 23.5 Å². The molecule has 4 heteroatoms. The minimum absolute atomic E-state index is 0.726. The smallest absolute Gasteiger partial charge is 0.130 e. The van der Waals surface area contributed by atoms with Crippen LogP contribution in [0.15, 0.2) is 18.2 Å². The molecule has 0 aliphatic carbocycles.